The van der Waals surface area contributed by atoms with E-state index in [4.69, 9.17) is 5.73 Å². The topological polar surface area (TPSA) is 80.0 Å². The number of carbonyl (C=O) groups is 1. The quantitative estimate of drug-likeness (QED) is 0.484. The van der Waals surface area contributed by atoms with Gasteiger partial charge in [0.2, 0.25) is 0 Å². The summed E-state index contributed by atoms with van der Waals surface area (Å²) in [6.07, 6.45) is -0.315. The van der Waals surface area contributed by atoms with Gasteiger partial charge in [-0.05, 0) is 12.1 Å². The molecule has 0 aromatic heterocycles. The number of hydrogen-bond donors (Lipinski definition) is 2. The van der Waals surface area contributed by atoms with Crippen molar-refractivity contribution in [1.29, 1.82) is 0 Å². The number of rotatable bonds is 2. The van der Waals surface area contributed by atoms with Crippen LogP contribution in [0, 0.1) is 0 Å². The Bertz CT molecular complexity index is 310. The molecular weight excluding hydrogens is 168 g/mol. The fourth-order valence-electron chi connectivity index (χ4n) is 1.01. The Morgan fingerprint density at radius 2 is 2.31 bits per heavy atom. The van der Waals surface area contributed by atoms with Gasteiger partial charge in [-0.1, -0.05) is 12.1 Å². The van der Waals surface area contributed by atoms with Crippen LogP contribution in [0.2, 0.25) is 0 Å². The first-order valence-electron chi connectivity index (χ1n) is 3.92. The van der Waals surface area contributed by atoms with E-state index in [2.05, 4.69) is 10.5 Å². The van der Waals surface area contributed by atoms with E-state index in [-0.39, 0.29) is 12.1 Å². The zero-order valence-corrected chi connectivity index (χ0v) is 7.49. The van der Waals surface area contributed by atoms with Crippen molar-refractivity contribution in [3.8, 4) is 0 Å². The first-order chi connectivity index (χ1) is 6.15. The van der Waals surface area contributed by atoms with Gasteiger partial charge in [-0.3, -0.25) is 5.73 Å². The number of benzene rings is 1. The Labute approximate surface area is 76.5 Å². The minimum absolute atomic E-state index is 0.315. The molecule has 1 rings (SSSR count). The lowest BCUT2D eigenvalue weighted by Crippen LogP contribution is -2.58. The molecule has 0 aliphatic carbocycles. The average molecular weight is 181 g/mol. The van der Waals surface area contributed by atoms with Crippen molar-refractivity contribution in [1.82, 2.24) is 0 Å². The van der Waals surface area contributed by atoms with E-state index in [1.54, 1.807) is 18.2 Å². The van der Waals surface area contributed by atoms with Crippen LogP contribution in [0.5, 0.6) is 0 Å². The van der Waals surface area contributed by atoms with Gasteiger partial charge in [-0.2, -0.15) is 0 Å². The summed E-state index contributed by atoms with van der Waals surface area (Å²) >= 11 is 0. The molecular formula is C9H13N2O2+. The van der Waals surface area contributed by atoms with Crippen LogP contribution in [-0.2, 0) is 4.74 Å². The molecule has 1 aromatic rings. The molecule has 0 saturated heterocycles. The van der Waals surface area contributed by atoms with Gasteiger partial charge in [0, 0.05) is 5.56 Å². The molecule has 70 valence electrons. The molecule has 4 heteroatoms. The maximum atomic E-state index is 11.1. The first-order valence-corrected chi connectivity index (χ1v) is 3.92. The molecule has 0 fully saturated rings. The van der Waals surface area contributed by atoms with Crippen molar-refractivity contribution in [3.63, 3.8) is 0 Å². The largest absolute Gasteiger partial charge is 0.465 e. The number of quaternary nitrogens is 1. The lowest BCUT2D eigenvalue weighted by atomic mass is 10.1. The number of ether oxygens (including phenoxy) is 1. The molecule has 13 heavy (non-hydrogen) atoms. The van der Waals surface area contributed by atoms with Gasteiger partial charge in [0.05, 0.1) is 12.7 Å². The molecule has 4 nitrogen and oxygen atoms in total. The summed E-state index contributed by atoms with van der Waals surface area (Å²) in [5, 5.41) is 0. The highest BCUT2D eigenvalue weighted by molar-refractivity contribution is 5.89. The maximum absolute atomic E-state index is 11.1. The molecule has 5 N–H and O–H groups in total. The van der Waals surface area contributed by atoms with Crippen LogP contribution in [0.1, 0.15) is 22.1 Å². The second-order valence-corrected chi connectivity index (χ2v) is 2.72. The van der Waals surface area contributed by atoms with Crippen molar-refractivity contribution in [3.05, 3.63) is 35.4 Å². The van der Waals surface area contributed by atoms with Gasteiger partial charge < -0.3 is 10.5 Å². The van der Waals surface area contributed by atoms with E-state index in [1.807, 2.05) is 6.07 Å². The van der Waals surface area contributed by atoms with E-state index in [0.29, 0.717) is 5.56 Å². The molecule has 0 spiro atoms. The average Bonchev–Trinajstić information content (AvgIpc) is 2.17. The van der Waals surface area contributed by atoms with Crippen LogP contribution in [0.3, 0.4) is 0 Å². The molecule has 0 bridgehead atoms. The van der Waals surface area contributed by atoms with Gasteiger partial charge in [0.25, 0.3) is 0 Å². The predicted octanol–water partition coefficient (Wildman–Crippen LogP) is -0.328. The van der Waals surface area contributed by atoms with Crippen LogP contribution in [0.4, 0.5) is 0 Å². The summed E-state index contributed by atoms with van der Waals surface area (Å²) in [6, 6.07) is 6.94. The highest BCUT2D eigenvalue weighted by Gasteiger charge is 2.08. The number of esters is 1. The second kappa shape index (κ2) is 4.02. The SMILES string of the molecule is COC(=O)c1cccc(C(N)[NH3+])c1. The second-order valence-electron chi connectivity index (χ2n) is 2.72. The Kier molecular flexibility index (Phi) is 3.00. The third kappa shape index (κ3) is 2.27. The van der Waals surface area contributed by atoms with Crippen molar-refractivity contribution < 1.29 is 15.3 Å². The van der Waals surface area contributed by atoms with Gasteiger partial charge in [0.15, 0.2) is 6.17 Å². The Morgan fingerprint density at radius 1 is 1.62 bits per heavy atom. The van der Waals surface area contributed by atoms with E-state index in [0.717, 1.165) is 5.56 Å². The third-order valence-electron chi connectivity index (χ3n) is 1.74. The van der Waals surface area contributed by atoms with Gasteiger partial charge >= 0.3 is 5.97 Å². The van der Waals surface area contributed by atoms with E-state index in [9.17, 15) is 4.79 Å². The van der Waals surface area contributed by atoms with Crippen LogP contribution >= 0.6 is 0 Å². The van der Waals surface area contributed by atoms with Crippen LogP contribution < -0.4 is 11.5 Å². The predicted molar refractivity (Wildman–Crippen MR) is 47.6 cm³/mol. The molecule has 0 saturated carbocycles. The molecule has 0 amide bonds. The zero-order valence-electron chi connectivity index (χ0n) is 7.49. The maximum Gasteiger partial charge on any atom is 0.337 e. The fraction of sp³-hybridized carbons (Fsp3) is 0.222. The third-order valence-corrected chi connectivity index (χ3v) is 1.74. The number of methoxy groups -OCH3 is 1. The summed E-state index contributed by atoms with van der Waals surface area (Å²) in [4.78, 5) is 11.1. The summed E-state index contributed by atoms with van der Waals surface area (Å²) in [6.45, 7) is 0. The number of hydrogen-bond acceptors (Lipinski definition) is 3. The molecule has 0 aliphatic rings. The van der Waals surface area contributed by atoms with Crippen molar-refractivity contribution in [2.24, 2.45) is 5.73 Å². The van der Waals surface area contributed by atoms with Gasteiger partial charge in [-0.25, -0.2) is 4.79 Å². The van der Waals surface area contributed by atoms with E-state index in [1.165, 1.54) is 7.11 Å². The Morgan fingerprint density at radius 3 is 2.85 bits per heavy atom. The minimum Gasteiger partial charge on any atom is -0.465 e. The number of carbonyl (C=O) groups excluding carboxylic acids is 1. The highest BCUT2D eigenvalue weighted by atomic mass is 16.5. The Balaban J connectivity index is 2.98. The standard InChI is InChI=1S/C9H12N2O2/c1-13-9(12)7-4-2-3-6(5-7)8(10)11/h2-5,8H,10-11H2,1H3/p+1. The molecule has 0 heterocycles. The van der Waals surface area contributed by atoms with Crippen LogP contribution in [0.15, 0.2) is 24.3 Å². The van der Waals surface area contributed by atoms with E-state index < -0.39 is 0 Å². The van der Waals surface area contributed by atoms with E-state index >= 15 is 0 Å². The summed E-state index contributed by atoms with van der Waals surface area (Å²) < 4.78 is 4.57. The lowest BCUT2D eigenvalue weighted by Gasteiger charge is -2.04. The van der Waals surface area contributed by atoms with Gasteiger partial charge in [0.1, 0.15) is 0 Å². The molecule has 1 aromatic carbocycles. The molecule has 0 aliphatic heterocycles. The smallest absolute Gasteiger partial charge is 0.337 e. The summed E-state index contributed by atoms with van der Waals surface area (Å²) in [5.74, 6) is -0.359. The van der Waals surface area contributed by atoms with Crippen molar-refractivity contribution in [2.45, 2.75) is 6.17 Å². The first kappa shape index (κ1) is 9.70. The van der Waals surface area contributed by atoms with Crippen molar-refractivity contribution >= 4 is 5.97 Å². The molecule has 1 atom stereocenters. The van der Waals surface area contributed by atoms with Gasteiger partial charge in [-0.15, -0.1) is 0 Å². The highest BCUT2D eigenvalue weighted by Crippen LogP contribution is 2.08. The minimum atomic E-state index is -0.359. The molecule has 1 unspecified atom stereocenters. The molecule has 0 radical (unpaired) electrons. The number of nitrogens with two attached hydrogens (primary N) is 1. The van der Waals surface area contributed by atoms with Crippen LogP contribution in [-0.4, -0.2) is 13.1 Å². The fourth-order valence-corrected chi connectivity index (χ4v) is 1.01. The Hall–Kier alpha value is -1.39. The van der Waals surface area contributed by atoms with Crippen molar-refractivity contribution in [2.75, 3.05) is 7.11 Å². The summed E-state index contributed by atoms with van der Waals surface area (Å²) in [7, 11) is 1.35. The lowest BCUT2D eigenvalue weighted by molar-refractivity contribution is -0.424. The monoisotopic (exact) mass is 181 g/mol. The van der Waals surface area contributed by atoms with Crippen LogP contribution in [0.25, 0.3) is 0 Å². The normalized spacial score (nSPS) is 12.2. The zero-order chi connectivity index (χ0) is 9.84. The summed E-state index contributed by atoms with van der Waals surface area (Å²) in [5.41, 5.74) is 10.5.